The number of nitrogens with one attached hydrogen (secondary N) is 2. The van der Waals surface area contributed by atoms with E-state index in [0.29, 0.717) is 11.9 Å². The zero-order chi connectivity index (χ0) is 44.5. The second kappa shape index (κ2) is 29.1. The quantitative estimate of drug-likeness (QED) is 0.0481. The van der Waals surface area contributed by atoms with E-state index in [2.05, 4.69) is 73.0 Å². The third kappa shape index (κ3) is 25.5. The fraction of sp³-hybridized carbons (Fsp3) is 0.925. The number of hydrogen-bond donors (Lipinski definition) is 2. The van der Waals surface area contributed by atoms with Gasteiger partial charge in [-0.05, 0) is 109 Å². The van der Waals surface area contributed by atoms with Crippen LogP contribution in [0.15, 0.2) is 0 Å². The molecule has 2 N–H and O–H groups in total. The molecule has 1 aromatic rings. The fourth-order valence-corrected chi connectivity index (χ4v) is 29.5. The number of aryl methyl sites for hydroxylation is 1. The van der Waals surface area contributed by atoms with Crippen LogP contribution in [0.1, 0.15) is 95.7 Å². The number of nitrogens with zero attached hydrogens (tertiary/aromatic N) is 3. The van der Waals surface area contributed by atoms with Crippen LogP contribution in [0.4, 0.5) is 11.9 Å². The van der Waals surface area contributed by atoms with Gasteiger partial charge in [0.15, 0.2) is 33.3 Å². The normalized spacial score (nSPS) is 13.3. The molecule has 348 valence electrons. The first-order valence-electron chi connectivity index (χ1n) is 22.7. The summed E-state index contributed by atoms with van der Waals surface area (Å²) in [5.41, 5.74) is 0. The van der Waals surface area contributed by atoms with Gasteiger partial charge in [0.1, 0.15) is 5.82 Å². The Morgan fingerprint density at radius 1 is 0.356 bits per heavy atom. The van der Waals surface area contributed by atoms with E-state index < -0.39 is 50.9 Å². The molecule has 13 nitrogen and oxygen atoms in total. The van der Waals surface area contributed by atoms with Gasteiger partial charge in [0.2, 0.25) is 11.9 Å². The molecular formula is C40H91N5O8Si6. The Labute approximate surface area is 368 Å². The van der Waals surface area contributed by atoms with Gasteiger partial charge in [0.25, 0.3) is 0 Å². The molecule has 59 heavy (non-hydrogen) atoms. The smallest absolute Gasteiger partial charge is 0.455 e. The molecule has 0 radical (unpaired) electrons. The van der Waals surface area contributed by atoms with E-state index >= 15 is 0 Å². The molecule has 19 heteroatoms. The summed E-state index contributed by atoms with van der Waals surface area (Å²) in [6.45, 7) is 22.7. The Hall–Kier alpha value is -0.409. The summed E-state index contributed by atoms with van der Waals surface area (Å²) in [5.74, 6) is 2.01. The van der Waals surface area contributed by atoms with Gasteiger partial charge in [-0.1, -0.05) is 64.2 Å². The minimum Gasteiger partial charge on any atom is -0.455 e. The Morgan fingerprint density at radius 3 is 0.898 bits per heavy atom. The maximum Gasteiger partial charge on any atom is 0.500 e. The maximum atomic E-state index is 6.94. The van der Waals surface area contributed by atoms with Gasteiger partial charge >= 0.3 is 17.6 Å². The molecule has 1 aromatic heterocycles. The van der Waals surface area contributed by atoms with Crippen molar-refractivity contribution in [1.29, 1.82) is 0 Å². The first-order valence-corrected chi connectivity index (χ1v) is 39.0. The zero-order valence-corrected chi connectivity index (χ0v) is 46.7. The van der Waals surface area contributed by atoms with Crippen molar-refractivity contribution in [3.8, 4) is 0 Å². The molecule has 0 aliphatic rings. The van der Waals surface area contributed by atoms with Gasteiger partial charge in [0.05, 0.1) is 0 Å². The minimum absolute atomic E-state index is 0.644. The lowest BCUT2D eigenvalue weighted by Crippen LogP contribution is -2.44. The molecule has 0 unspecified atom stereocenters. The third-order valence-electron chi connectivity index (χ3n) is 11.2. The van der Waals surface area contributed by atoms with Crippen LogP contribution >= 0.6 is 0 Å². The van der Waals surface area contributed by atoms with E-state index in [1.807, 2.05) is 6.92 Å². The number of unbranched alkanes of at least 4 members (excludes halogenated alkanes) is 10. The summed E-state index contributed by atoms with van der Waals surface area (Å²) >= 11 is 0. The zero-order valence-electron chi connectivity index (χ0n) is 40.7. The minimum atomic E-state index is -2.43. The molecular weight excluding hydrogens is 847 g/mol. The van der Waals surface area contributed by atoms with E-state index in [1.54, 1.807) is 42.7 Å². The maximum absolute atomic E-state index is 6.94. The largest absolute Gasteiger partial charge is 0.500 e. The lowest BCUT2D eigenvalue weighted by Gasteiger charge is -2.34. The third-order valence-corrected chi connectivity index (χ3v) is 32.0. The molecule has 1 heterocycles. The van der Waals surface area contributed by atoms with Crippen LogP contribution in [0.25, 0.3) is 0 Å². The summed E-state index contributed by atoms with van der Waals surface area (Å²) < 4.78 is 47.1. The van der Waals surface area contributed by atoms with Crippen LogP contribution in [0.2, 0.25) is 88.6 Å². The monoisotopic (exact) mass is 938 g/mol. The molecule has 0 saturated heterocycles. The molecule has 0 fully saturated rings. The van der Waals surface area contributed by atoms with Gasteiger partial charge in [-0.15, -0.1) is 0 Å². The second-order valence-corrected chi connectivity index (χ2v) is 42.6. The van der Waals surface area contributed by atoms with Crippen LogP contribution in [0.5, 0.6) is 0 Å². The number of hydrogen-bond acceptors (Lipinski definition) is 13. The first-order chi connectivity index (χ1) is 27.7. The Bertz CT molecular complexity index is 1140. The lowest BCUT2D eigenvalue weighted by molar-refractivity contribution is 0.122. The van der Waals surface area contributed by atoms with Gasteiger partial charge < -0.3 is 45.4 Å². The highest BCUT2D eigenvalue weighted by Gasteiger charge is 2.38. The van der Waals surface area contributed by atoms with E-state index in [4.69, 9.17) is 39.8 Å². The SMILES string of the molecule is CO[Si](CCCCCCCC[Si](C)(C)O[Si](C)(C)CCCNc1nc(C)nc(NCCC[Si](C)(C)O[Si](C)(C)CCCCCCCC[Si](OC)(OC)OC)n1)(OC)OC. The fourth-order valence-electron chi connectivity index (χ4n) is 8.08. The summed E-state index contributed by atoms with van der Waals surface area (Å²) in [5, 5.41) is 6.93. The summed E-state index contributed by atoms with van der Waals surface area (Å²) in [4.78, 5) is 13.8. The average Bonchev–Trinajstić information content (AvgIpc) is 3.16. The van der Waals surface area contributed by atoms with Crippen LogP contribution in [-0.2, 0) is 34.8 Å². The molecule has 0 aliphatic carbocycles. The highest BCUT2D eigenvalue weighted by molar-refractivity contribution is 6.85. The van der Waals surface area contributed by atoms with E-state index in [1.165, 1.54) is 76.3 Å². The summed E-state index contributed by atoms with van der Waals surface area (Å²) in [6.07, 6.45) is 16.8. The van der Waals surface area contributed by atoms with Crippen LogP contribution in [-0.4, -0.2) is 122 Å². The van der Waals surface area contributed by atoms with E-state index in [9.17, 15) is 0 Å². The van der Waals surface area contributed by atoms with Gasteiger partial charge in [-0.3, -0.25) is 0 Å². The predicted octanol–water partition coefficient (Wildman–Crippen LogP) is 11.1. The molecule has 0 aliphatic heterocycles. The molecule has 0 atom stereocenters. The van der Waals surface area contributed by atoms with Gasteiger partial charge in [-0.25, -0.2) is 0 Å². The number of aromatic nitrogens is 3. The van der Waals surface area contributed by atoms with E-state index in [0.717, 1.165) is 68.8 Å². The Morgan fingerprint density at radius 2 is 0.610 bits per heavy atom. The Kier molecular flexibility index (Phi) is 27.9. The molecule has 0 spiro atoms. The van der Waals surface area contributed by atoms with Crippen molar-refractivity contribution < 1.29 is 34.8 Å². The number of anilines is 2. The van der Waals surface area contributed by atoms with Crippen LogP contribution in [0, 0.1) is 6.92 Å². The van der Waals surface area contributed by atoms with Crippen molar-refractivity contribution in [3.05, 3.63) is 5.82 Å². The average molecular weight is 939 g/mol. The molecule has 0 bridgehead atoms. The second-order valence-electron chi connectivity index (χ2n) is 18.7. The van der Waals surface area contributed by atoms with Crippen molar-refractivity contribution in [2.24, 2.45) is 0 Å². The molecule has 0 amide bonds. The predicted molar refractivity (Wildman–Crippen MR) is 261 cm³/mol. The van der Waals surface area contributed by atoms with Crippen molar-refractivity contribution in [2.75, 3.05) is 66.4 Å². The topological polar surface area (TPSA) is 137 Å². The first kappa shape index (κ1) is 56.6. The highest BCUT2D eigenvalue weighted by Crippen LogP contribution is 2.27. The highest BCUT2D eigenvalue weighted by atomic mass is 28.4. The Balaban J connectivity index is 2.33. The van der Waals surface area contributed by atoms with Crippen LogP contribution < -0.4 is 10.6 Å². The van der Waals surface area contributed by atoms with Gasteiger partial charge in [0, 0.05) is 67.8 Å². The lowest BCUT2D eigenvalue weighted by atomic mass is 10.1. The molecule has 0 saturated carbocycles. The van der Waals surface area contributed by atoms with E-state index in [-0.39, 0.29) is 0 Å². The standard InChI is InChI=1S/C40H91N5O8Si6/c1-38-43-39(41-30-28-34-56(12,13)52-54(8,9)32-24-20-16-18-22-26-36-58(46-2,47-3)48-4)45-40(44-38)42-31-29-35-57(14,15)53-55(10,11)33-25-21-17-19-23-27-37-59(49-5,50-6)51-7/h16-37H2,1-15H3,(H2,41,42,43,44,45). The summed E-state index contributed by atoms with van der Waals surface area (Å²) in [6, 6.07) is 6.46. The van der Waals surface area contributed by atoms with Crippen molar-refractivity contribution >= 4 is 62.8 Å². The van der Waals surface area contributed by atoms with Gasteiger partial charge in [-0.2, -0.15) is 15.0 Å². The molecule has 0 aromatic carbocycles. The van der Waals surface area contributed by atoms with Crippen molar-refractivity contribution in [3.63, 3.8) is 0 Å². The van der Waals surface area contributed by atoms with Crippen molar-refractivity contribution in [2.45, 2.75) is 185 Å². The van der Waals surface area contributed by atoms with Crippen LogP contribution in [0.3, 0.4) is 0 Å². The van der Waals surface area contributed by atoms with Crippen molar-refractivity contribution in [1.82, 2.24) is 15.0 Å². The summed E-state index contributed by atoms with van der Waals surface area (Å²) in [7, 11) is -1.68. The molecule has 1 rings (SSSR count). The number of rotatable bonds is 38.